The first-order valence-electron chi connectivity index (χ1n) is 54.6. The fourth-order valence-corrected chi connectivity index (χ4v) is 51.5. The summed E-state index contributed by atoms with van der Waals surface area (Å²) in [4.78, 5) is 4.79. The normalized spacial score (nSPS) is 24.0. The molecular formula is C130H172N6Si3. The van der Waals surface area contributed by atoms with Gasteiger partial charge in [0.25, 0.3) is 0 Å². The number of aromatic nitrogens is 1. The van der Waals surface area contributed by atoms with E-state index < -0.39 is 24.7 Å². The lowest BCUT2D eigenvalue weighted by Gasteiger charge is -2.57. The molecule has 20 rings (SSSR count). The molecule has 4 saturated carbocycles. The Bertz CT molecular complexity index is 6180. The Kier molecular flexibility index (Phi) is 27.1. The Morgan fingerprint density at radius 2 is 0.712 bits per heavy atom. The van der Waals surface area contributed by atoms with Gasteiger partial charge in [0.2, 0.25) is 0 Å². The average Bonchev–Trinajstić information content (AvgIpc) is 1.52. The number of nitrogens with zero attached hydrogens (tertiary/aromatic N) is 6. The molecule has 734 valence electrons. The van der Waals surface area contributed by atoms with Crippen molar-refractivity contribution in [1.29, 1.82) is 0 Å². The second-order valence-corrected chi connectivity index (χ2v) is 65.5. The highest BCUT2D eigenvalue weighted by atomic mass is 28.3. The van der Waals surface area contributed by atoms with Crippen molar-refractivity contribution < 1.29 is 0 Å². The number of para-hydroxylation sites is 6. The van der Waals surface area contributed by atoms with Crippen LogP contribution in [0, 0.1) is 47.3 Å². The molecular weight excluding hydrogens is 1730 g/mol. The third kappa shape index (κ3) is 18.0. The molecule has 4 fully saturated rings. The number of allylic oxidation sites excluding steroid dienone is 12. The third-order valence-corrected chi connectivity index (χ3v) is 50.7. The standard InChI is InChI=1S/C49H66N2Si.C41H54N2Si.C40H52N2Si/c1-9-11-28-49(29-12-10-2)43-32-37(50-45-24-18-16-22-39(45)40-23-17-19-25-46(40)50)26-27-38(43)42-31-35-30-34(3)47(41(35)33-44(42)49)52(7,8)51(48(4,5)6)36-20-14-13-15-21-36;1-28-24-29-25-35-33-23-22-32(42(30-18-14-12-15-19-30)31-20-16-13-17-21-31)26-36(33)41(8,9)37(35)27-34(29)38(28)44(10,11)43(39(2,3)4)40(5,6)7;1-38(2,3)42(39(4,5)6)43(9,10)37-24-21-28-25-34-32-23-22-31(26-35(32)40(7,8)36(34)27-33(28)37)41(29-17-13-11-14-18-29)30-19-15-12-16-20-30/h16-19,22-27,31-36,41,47H,9-15,20-21,28-30H2,1-8H3;12-23,25-29,34,38H,24H2,1-11H3;11-20,22-23,25-28,33,37H,21,24H2,1-10H3. The molecule has 9 heteroatoms. The molecule has 1 aromatic heterocycles. The maximum atomic E-state index is 3.17. The van der Waals surface area contributed by atoms with Crippen molar-refractivity contribution in [2.24, 2.45) is 47.3 Å². The molecule has 139 heavy (non-hydrogen) atoms. The summed E-state index contributed by atoms with van der Waals surface area (Å²) in [7, 11) is -5.51. The third-order valence-electron chi connectivity index (χ3n) is 35.8. The van der Waals surface area contributed by atoms with E-state index in [-0.39, 0.29) is 43.9 Å². The molecule has 0 amide bonds. The molecule has 10 aromatic rings. The Hall–Kier alpha value is -8.65. The van der Waals surface area contributed by atoms with Crippen LogP contribution in [0.4, 0.5) is 34.1 Å². The van der Waals surface area contributed by atoms with Crippen molar-refractivity contribution in [3.63, 3.8) is 0 Å². The van der Waals surface area contributed by atoms with E-state index in [4.69, 9.17) is 0 Å². The SMILES string of the molecule is CC1(C)C2=CC3C(C=C2c2ccc(N(c4ccccc4)c4ccccc4)cc21)CCC3[Si](C)(C)N(C(C)(C)C)C(C)(C)C.CC1CC2C=C3C(=CC2C1[Si](C)(C)N(C(C)(C)C)C(C)(C)C)C(C)(C)c1cc(N(c2ccccc2)c2ccccc2)ccc13.CCCCC1(CCCC)C2=CC3C(C=C2c2ccc(-n4c5ccccc5c5ccccc54)cc21)CC(C)C3[Si](C)(C)N(C1CCCCC1)C(C)(C)C. The highest BCUT2D eigenvalue weighted by Gasteiger charge is 2.61. The molecule has 6 nitrogen and oxygen atoms in total. The molecule has 10 aliphatic rings. The lowest BCUT2D eigenvalue weighted by molar-refractivity contribution is 0.121. The Morgan fingerprint density at radius 3 is 1.13 bits per heavy atom. The van der Waals surface area contributed by atoms with Gasteiger partial charge >= 0.3 is 0 Å². The highest BCUT2D eigenvalue weighted by molar-refractivity contribution is 6.77. The molecule has 1 heterocycles. The predicted molar refractivity (Wildman–Crippen MR) is 611 cm³/mol. The van der Waals surface area contributed by atoms with Crippen molar-refractivity contribution in [2.45, 2.75) is 361 Å². The Labute approximate surface area is 844 Å². The molecule has 0 radical (unpaired) electrons. The van der Waals surface area contributed by atoms with Gasteiger partial charge in [-0.1, -0.05) is 310 Å². The van der Waals surface area contributed by atoms with Gasteiger partial charge < -0.3 is 28.1 Å². The van der Waals surface area contributed by atoms with Crippen LogP contribution in [0.25, 0.3) is 44.2 Å². The first-order valence-corrected chi connectivity index (χ1v) is 63.7. The van der Waals surface area contributed by atoms with E-state index in [1.54, 1.807) is 27.9 Å². The molecule has 9 aromatic carbocycles. The number of fused-ring (bicyclic) bond motifs is 15. The summed E-state index contributed by atoms with van der Waals surface area (Å²) in [6, 6.07) is 84.0. The maximum absolute atomic E-state index is 3.17. The first-order chi connectivity index (χ1) is 65.6. The molecule has 10 aliphatic carbocycles. The van der Waals surface area contributed by atoms with E-state index in [1.807, 2.05) is 0 Å². The summed E-state index contributed by atoms with van der Waals surface area (Å²) in [6.07, 6.45) is 36.6. The minimum atomic E-state index is -1.86. The minimum Gasteiger partial charge on any atom is -0.316 e. The smallest absolute Gasteiger partial charge is 0.127 e. The minimum absolute atomic E-state index is 0.0340. The fourth-order valence-electron chi connectivity index (χ4n) is 33.0. The topological polar surface area (TPSA) is 21.1 Å². The number of hydrogen-bond donors (Lipinski definition) is 0. The Morgan fingerprint density at radius 1 is 0.345 bits per heavy atom. The van der Waals surface area contributed by atoms with E-state index in [9.17, 15) is 0 Å². The van der Waals surface area contributed by atoms with Gasteiger partial charge in [-0.15, -0.1) is 0 Å². The van der Waals surface area contributed by atoms with Gasteiger partial charge in [-0.2, -0.15) is 0 Å². The van der Waals surface area contributed by atoms with E-state index in [0.717, 1.165) is 34.5 Å². The average molecular weight is 1900 g/mol. The van der Waals surface area contributed by atoms with Gasteiger partial charge in [0.15, 0.2) is 0 Å². The van der Waals surface area contributed by atoms with Crippen molar-refractivity contribution >= 4 is 97.4 Å². The maximum Gasteiger partial charge on any atom is 0.127 e. The molecule has 0 N–H and O–H groups in total. The summed E-state index contributed by atoms with van der Waals surface area (Å²) in [5, 5.41) is 2.69. The van der Waals surface area contributed by atoms with Crippen LogP contribution < -0.4 is 9.80 Å². The van der Waals surface area contributed by atoms with E-state index >= 15 is 0 Å². The van der Waals surface area contributed by atoms with E-state index in [2.05, 4.69) is 488 Å². The molecule has 11 atom stereocenters. The van der Waals surface area contributed by atoms with E-state index in [1.165, 1.54) is 197 Å². The molecule has 0 aliphatic heterocycles. The monoisotopic (exact) mass is 1900 g/mol. The quantitative estimate of drug-likeness (QED) is 0.0707. The molecule has 11 unspecified atom stereocenters. The van der Waals surface area contributed by atoms with Crippen LogP contribution >= 0.6 is 0 Å². The highest BCUT2D eigenvalue weighted by Crippen LogP contribution is 2.67. The zero-order chi connectivity index (χ0) is 99.2. The number of anilines is 6. The van der Waals surface area contributed by atoms with Crippen LogP contribution in [0.5, 0.6) is 0 Å². The molecule has 0 spiro atoms. The number of benzene rings is 9. The lowest BCUT2D eigenvalue weighted by atomic mass is 9.68. The van der Waals surface area contributed by atoms with Crippen molar-refractivity contribution in [3.8, 4) is 5.69 Å². The van der Waals surface area contributed by atoms with Crippen LogP contribution in [-0.4, -0.2) is 76.7 Å². The summed E-state index contributed by atoms with van der Waals surface area (Å²) >= 11 is 0. The van der Waals surface area contributed by atoms with E-state index in [0.29, 0.717) is 35.5 Å². The van der Waals surface area contributed by atoms with Crippen LogP contribution in [-0.2, 0) is 16.2 Å². The van der Waals surface area contributed by atoms with Gasteiger partial charge in [-0.05, 0) is 377 Å². The van der Waals surface area contributed by atoms with Crippen molar-refractivity contribution in [2.75, 3.05) is 9.80 Å². The van der Waals surface area contributed by atoms with Gasteiger partial charge in [-0.3, -0.25) is 0 Å². The lowest BCUT2D eigenvalue weighted by Crippen LogP contribution is -2.67. The van der Waals surface area contributed by atoms with Gasteiger partial charge in [0, 0.05) is 101 Å². The van der Waals surface area contributed by atoms with Crippen molar-refractivity contribution in [3.05, 3.63) is 311 Å². The first kappa shape index (κ1) is 100. The zero-order valence-corrected chi connectivity index (χ0v) is 94.0. The summed E-state index contributed by atoms with van der Waals surface area (Å²) < 4.78 is 11.6. The summed E-state index contributed by atoms with van der Waals surface area (Å²) in [5.41, 5.74) is 32.5. The predicted octanol–water partition coefficient (Wildman–Crippen LogP) is 36.8. The molecule has 0 bridgehead atoms. The number of unbranched alkanes of at least 4 members (excludes halogenated alkanes) is 2. The van der Waals surface area contributed by atoms with Crippen LogP contribution in [0.2, 0.25) is 55.9 Å². The van der Waals surface area contributed by atoms with Gasteiger partial charge in [-0.25, -0.2) is 0 Å². The number of rotatable bonds is 20. The second kappa shape index (κ2) is 37.5. The zero-order valence-electron chi connectivity index (χ0n) is 91.0. The number of hydrogen-bond acceptors (Lipinski definition) is 5. The molecule has 0 saturated heterocycles. The summed E-state index contributed by atoms with van der Waals surface area (Å²) in [5.74, 6) is 5.28. The summed E-state index contributed by atoms with van der Waals surface area (Å²) in [6.45, 7) is 72.9. The largest absolute Gasteiger partial charge is 0.316 e. The Balaban J connectivity index is 0.000000139. The fraction of sp³-hybridized carbons (Fsp3) is 0.492. The second-order valence-electron chi connectivity index (χ2n) is 52.1. The van der Waals surface area contributed by atoms with Crippen LogP contribution in [0.3, 0.4) is 0 Å². The van der Waals surface area contributed by atoms with Crippen molar-refractivity contribution in [1.82, 2.24) is 18.3 Å². The van der Waals surface area contributed by atoms with Gasteiger partial charge in [0.05, 0.1) is 11.0 Å². The van der Waals surface area contributed by atoms with Crippen LogP contribution in [0.15, 0.2) is 278 Å². The van der Waals surface area contributed by atoms with Crippen LogP contribution in [0.1, 0.15) is 289 Å². The van der Waals surface area contributed by atoms with Gasteiger partial charge in [0.1, 0.15) is 24.7 Å².